The highest BCUT2D eigenvalue weighted by molar-refractivity contribution is 8.06. The Morgan fingerprint density at radius 2 is 1.82 bits per heavy atom. The summed E-state index contributed by atoms with van der Waals surface area (Å²) in [7, 11) is 5.96. The van der Waals surface area contributed by atoms with Gasteiger partial charge in [0.15, 0.2) is 0 Å². The molecule has 0 fully saturated rings. The molecule has 0 radical (unpaired) electrons. The molecule has 0 aliphatic rings. The van der Waals surface area contributed by atoms with Crippen LogP contribution in [0.4, 0.5) is 0 Å². The van der Waals surface area contributed by atoms with Crippen molar-refractivity contribution in [1.29, 1.82) is 0 Å². The lowest BCUT2D eigenvalue weighted by Crippen LogP contribution is -2.37. The van der Waals surface area contributed by atoms with E-state index < -0.39 is 6.72 Å². The molecule has 68 valence electrons. The molecule has 0 heterocycles. The average Bonchev–Trinajstić information content (AvgIpc) is 1.55. The van der Waals surface area contributed by atoms with Crippen LogP contribution in [0.3, 0.4) is 0 Å². The smallest absolute Gasteiger partial charge is 0.322 e. The molecule has 0 spiro atoms. The molecule has 0 unspecified atom stereocenters. The molecule has 0 aliphatic carbocycles. The Hall–Kier alpha value is 0.490. The van der Waals surface area contributed by atoms with Gasteiger partial charge in [-0.2, -0.15) is 0 Å². The first-order valence-electron chi connectivity index (χ1n) is 3.21. The van der Waals surface area contributed by atoms with E-state index >= 15 is 0 Å². The van der Waals surface area contributed by atoms with Crippen molar-refractivity contribution in [2.24, 2.45) is 0 Å². The van der Waals surface area contributed by atoms with Crippen molar-refractivity contribution in [2.75, 3.05) is 34.3 Å². The van der Waals surface area contributed by atoms with E-state index in [1.807, 2.05) is 21.1 Å². The maximum absolute atomic E-state index is 8.67. The zero-order chi connectivity index (χ0) is 9.12. The summed E-state index contributed by atoms with van der Waals surface area (Å²) in [5.41, 5.74) is 0. The minimum absolute atomic E-state index is 0.285. The SMILES string of the molecule is C[N+](C)(C)CCOP(O)(O)=S. The lowest BCUT2D eigenvalue weighted by atomic mass is 10.5. The summed E-state index contributed by atoms with van der Waals surface area (Å²) in [6.45, 7) is -2.44. The molecule has 0 amide bonds. The van der Waals surface area contributed by atoms with Crippen LogP contribution in [0, 0.1) is 0 Å². The molecule has 0 saturated carbocycles. The van der Waals surface area contributed by atoms with Gasteiger partial charge in [-0.1, -0.05) is 0 Å². The summed E-state index contributed by atoms with van der Waals surface area (Å²) in [6, 6.07) is 0. The highest BCUT2D eigenvalue weighted by atomic mass is 32.5. The van der Waals surface area contributed by atoms with Crippen molar-refractivity contribution >= 4 is 18.5 Å². The van der Waals surface area contributed by atoms with Crippen molar-refractivity contribution < 1.29 is 18.8 Å². The van der Waals surface area contributed by atoms with Crippen LogP contribution in [0.1, 0.15) is 0 Å². The summed E-state index contributed by atoms with van der Waals surface area (Å²) in [5.74, 6) is 0. The molecule has 11 heavy (non-hydrogen) atoms. The number of quaternary nitrogens is 1. The fraction of sp³-hybridized carbons (Fsp3) is 1.00. The molecule has 0 atom stereocenters. The normalized spacial score (nSPS) is 13.5. The fourth-order valence-electron chi connectivity index (χ4n) is 0.434. The van der Waals surface area contributed by atoms with Crippen LogP contribution in [0.25, 0.3) is 0 Å². The van der Waals surface area contributed by atoms with Gasteiger partial charge in [0.1, 0.15) is 13.2 Å². The third-order valence-electron chi connectivity index (χ3n) is 1.02. The van der Waals surface area contributed by atoms with Crippen LogP contribution in [-0.4, -0.2) is 48.6 Å². The van der Waals surface area contributed by atoms with Crippen LogP contribution in [-0.2, 0) is 16.3 Å². The summed E-state index contributed by atoms with van der Waals surface area (Å²) in [4.78, 5) is 17.3. The van der Waals surface area contributed by atoms with Crippen LogP contribution in [0.5, 0.6) is 0 Å². The Labute approximate surface area is 72.3 Å². The topological polar surface area (TPSA) is 49.7 Å². The molecule has 0 rings (SSSR count). The number of nitrogens with zero attached hydrogens (tertiary/aromatic N) is 1. The van der Waals surface area contributed by atoms with Gasteiger partial charge in [-0.15, -0.1) is 0 Å². The molecule has 0 aromatic heterocycles. The van der Waals surface area contributed by atoms with E-state index in [1.54, 1.807) is 0 Å². The summed E-state index contributed by atoms with van der Waals surface area (Å²) >= 11 is 4.27. The van der Waals surface area contributed by atoms with E-state index in [4.69, 9.17) is 9.79 Å². The van der Waals surface area contributed by atoms with E-state index in [9.17, 15) is 0 Å². The molecule has 4 nitrogen and oxygen atoms in total. The lowest BCUT2D eigenvalue weighted by molar-refractivity contribution is -0.870. The Balaban J connectivity index is 3.52. The second-order valence-electron chi connectivity index (χ2n) is 3.34. The maximum atomic E-state index is 8.67. The van der Waals surface area contributed by atoms with Crippen LogP contribution in [0.15, 0.2) is 0 Å². The standard InChI is InChI=1S/C5H14NO3PS/c1-6(2,3)4-5-9-10(7,8)11/h4-5H2,1-3H3,(H-,7,8,11)/p+1. The number of rotatable bonds is 4. The van der Waals surface area contributed by atoms with E-state index in [0.29, 0.717) is 6.54 Å². The molecule has 0 aromatic carbocycles. The average molecular weight is 200 g/mol. The van der Waals surface area contributed by atoms with Gasteiger partial charge in [-0.05, 0) is 11.8 Å². The first-order valence-corrected chi connectivity index (χ1v) is 5.84. The van der Waals surface area contributed by atoms with Gasteiger partial charge in [0.2, 0.25) is 0 Å². The Morgan fingerprint density at radius 1 is 1.36 bits per heavy atom. The predicted octanol–water partition coefficient (Wildman–Crippen LogP) is -0.0817. The van der Waals surface area contributed by atoms with E-state index in [2.05, 4.69) is 16.3 Å². The minimum atomic E-state index is -3.43. The van der Waals surface area contributed by atoms with Gasteiger partial charge in [-0.3, -0.25) is 0 Å². The minimum Gasteiger partial charge on any atom is -0.329 e. The Kier molecular flexibility index (Phi) is 4.11. The molecule has 0 bridgehead atoms. The van der Waals surface area contributed by atoms with Gasteiger partial charge in [0.05, 0.1) is 21.1 Å². The maximum Gasteiger partial charge on any atom is 0.322 e. The molecular weight excluding hydrogens is 185 g/mol. The summed E-state index contributed by atoms with van der Waals surface area (Å²) in [5, 5.41) is 0. The van der Waals surface area contributed by atoms with Crippen molar-refractivity contribution in [2.45, 2.75) is 0 Å². The molecule has 2 N–H and O–H groups in total. The zero-order valence-electron chi connectivity index (χ0n) is 7.02. The number of likely N-dealkylation sites (N-methyl/N-ethyl adjacent to an activating group) is 1. The first-order chi connectivity index (χ1) is 4.71. The third-order valence-corrected chi connectivity index (χ3v) is 1.86. The van der Waals surface area contributed by atoms with Crippen molar-refractivity contribution in [3.05, 3.63) is 0 Å². The van der Waals surface area contributed by atoms with Crippen LogP contribution < -0.4 is 0 Å². The largest absolute Gasteiger partial charge is 0.329 e. The molecule has 0 aliphatic heterocycles. The Bertz CT molecular complexity index is 162. The van der Waals surface area contributed by atoms with Crippen LogP contribution in [0.2, 0.25) is 0 Å². The van der Waals surface area contributed by atoms with Crippen molar-refractivity contribution in [3.8, 4) is 0 Å². The quantitative estimate of drug-likeness (QED) is 0.492. The van der Waals surface area contributed by atoms with E-state index in [0.717, 1.165) is 4.48 Å². The third kappa shape index (κ3) is 10.5. The molecule has 0 saturated heterocycles. The van der Waals surface area contributed by atoms with Gasteiger partial charge in [-0.25, -0.2) is 0 Å². The number of hydrogen-bond acceptors (Lipinski definition) is 2. The number of hydrogen-bond donors (Lipinski definition) is 2. The van der Waals surface area contributed by atoms with E-state index in [1.165, 1.54) is 0 Å². The second-order valence-corrected chi connectivity index (χ2v) is 6.00. The highest BCUT2D eigenvalue weighted by Crippen LogP contribution is 2.35. The van der Waals surface area contributed by atoms with Crippen LogP contribution >= 0.6 is 6.72 Å². The lowest BCUT2D eigenvalue weighted by Gasteiger charge is -2.23. The van der Waals surface area contributed by atoms with Crippen molar-refractivity contribution in [1.82, 2.24) is 0 Å². The monoisotopic (exact) mass is 200 g/mol. The Morgan fingerprint density at radius 3 is 2.09 bits per heavy atom. The van der Waals surface area contributed by atoms with E-state index in [-0.39, 0.29) is 6.61 Å². The second kappa shape index (κ2) is 3.94. The molecule has 6 heteroatoms. The highest BCUT2D eigenvalue weighted by Gasteiger charge is 2.11. The summed E-state index contributed by atoms with van der Waals surface area (Å²) < 4.78 is 5.34. The predicted molar refractivity (Wildman–Crippen MR) is 47.6 cm³/mol. The first kappa shape index (κ1) is 11.5. The van der Waals surface area contributed by atoms with Gasteiger partial charge in [0.25, 0.3) is 0 Å². The zero-order valence-corrected chi connectivity index (χ0v) is 8.73. The van der Waals surface area contributed by atoms with Gasteiger partial charge >= 0.3 is 6.72 Å². The van der Waals surface area contributed by atoms with Gasteiger partial charge < -0.3 is 18.8 Å². The van der Waals surface area contributed by atoms with Crippen molar-refractivity contribution in [3.63, 3.8) is 0 Å². The molecular formula is C5H15NO3PS+. The fourth-order valence-corrected chi connectivity index (χ4v) is 0.977. The summed E-state index contributed by atoms with van der Waals surface area (Å²) in [6.07, 6.45) is 0. The van der Waals surface area contributed by atoms with Gasteiger partial charge in [0, 0.05) is 0 Å². The molecule has 0 aromatic rings.